The van der Waals surface area contributed by atoms with Crippen LogP contribution in [-0.2, 0) is 27.2 Å². The standard InChI is InChI=1S/C22H27N3O3/c1-16(23-20(26)15-18-12-8-5-9-13-18)21(27)24-19(22(28)25(2)3)14-17-10-6-4-7-11-17/h4-13,16,19H,14-15H2,1-3H3,(H,23,26)(H,24,27)/t16-,19-/m0/s1. The summed E-state index contributed by atoms with van der Waals surface area (Å²) in [6.45, 7) is 1.61. The van der Waals surface area contributed by atoms with E-state index in [0.29, 0.717) is 6.42 Å². The molecule has 2 atom stereocenters. The third-order valence-electron chi connectivity index (χ3n) is 4.32. The normalized spacial score (nSPS) is 12.5. The molecule has 0 aromatic heterocycles. The van der Waals surface area contributed by atoms with Gasteiger partial charge in [-0.2, -0.15) is 0 Å². The van der Waals surface area contributed by atoms with Gasteiger partial charge in [0, 0.05) is 20.5 Å². The summed E-state index contributed by atoms with van der Waals surface area (Å²) in [5.74, 6) is -0.829. The van der Waals surface area contributed by atoms with Gasteiger partial charge in [-0.3, -0.25) is 14.4 Å². The summed E-state index contributed by atoms with van der Waals surface area (Å²) in [5.41, 5.74) is 1.82. The first-order chi connectivity index (χ1) is 13.4. The Labute approximate surface area is 165 Å². The third-order valence-corrected chi connectivity index (χ3v) is 4.32. The second-order valence-electron chi connectivity index (χ2n) is 6.94. The number of hydrogen-bond acceptors (Lipinski definition) is 3. The number of carbonyl (C=O) groups is 3. The number of benzene rings is 2. The van der Waals surface area contributed by atoms with Crippen LogP contribution in [0.2, 0.25) is 0 Å². The van der Waals surface area contributed by atoms with Gasteiger partial charge in [0.15, 0.2) is 0 Å². The first-order valence-electron chi connectivity index (χ1n) is 9.25. The number of carbonyl (C=O) groups excluding carboxylic acids is 3. The number of rotatable bonds is 8. The Hall–Kier alpha value is -3.15. The minimum absolute atomic E-state index is 0.194. The maximum atomic E-state index is 12.6. The Bertz CT molecular complexity index is 791. The van der Waals surface area contributed by atoms with Gasteiger partial charge in [-0.05, 0) is 18.1 Å². The van der Waals surface area contributed by atoms with Crippen molar-refractivity contribution >= 4 is 17.7 Å². The molecule has 6 heteroatoms. The molecule has 2 rings (SSSR count). The van der Waals surface area contributed by atoms with Gasteiger partial charge in [0.1, 0.15) is 12.1 Å². The van der Waals surface area contributed by atoms with Crippen LogP contribution in [0.15, 0.2) is 60.7 Å². The van der Waals surface area contributed by atoms with Gasteiger partial charge in [-0.15, -0.1) is 0 Å². The molecule has 2 aromatic rings. The molecule has 0 aliphatic rings. The summed E-state index contributed by atoms with van der Waals surface area (Å²) in [5, 5.41) is 5.46. The van der Waals surface area contributed by atoms with Gasteiger partial charge in [0.2, 0.25) is 17.7 Å². The number of amides is 3. The molecule has 0 saturated carbocycles. The molecule has 0 saturated heterocycles. The monoisotopic (exact) mass is 381 g/mol. The number of nitrogens with one attached hydrogen (secondary N) is 2. The fourth-order valence-electron chi connectivity index (χ4n) is 2.80. The van der Waals surface area contributed by atoms with E-state index < -0.39 is 18.0 Å². The Balaban J connectivity index is 1.97. The molecule has 28 heavy (non-hydrogen) atoms. The molecular weight excluding hydrogens is 354 g/mol. The average molecular weight is 381 g/mol. The van der Waals surface area contributed by atoms with Crippen molar-refractivity contribution < 1.29 is 14.4 Å². The highest BCUT2D eigenvalue weighted by atomic mass is 16.2. The maximum absolute atomic E-state index is 12.6. The Morgan fingerprint density at radius 2 is 1.39 bits per heavy atom. The Morgan fingerprint density at radius 3 is 1.93 bits per heavy atom. The summed E-state index contributed by atoms with van der Waals surface area (Å²) < 4.78 is 0. The smallest absolute Gasteiger partial charge is 0.244 e. The van der Waals surface area contributed by atoms with Gasteiger partial charge < -0.3 is 15.5 Å². The SMILES string of the molecule is C[C@H](NC(=O)Cc1ccccc1)C(=O)N[C@@H](Cc1ccccc1)C(=O)N(C)C. The molecule has 148 valence electrons. The predicted molar refractivity (Wildman–Crippen MR) is 109 cm³/mol. The highest BCUT2D eigenvalue weighted by molar-refractivity contribution is 5.92. The van der Waals surface area contributed by atoms with Crippen LogP contribution in [0.5, 0.6) is 0 Å². The molecule has 2 aromatic carbocycles. The minimum atomic E-state index is -0.746. The van der Waals surface area contributed by atoms with E-state index in [1.54, 1.807) is 21.0 Å². The molecule has 0 fully saturated rings. The van der Waals surface area contributed by atoms with Crippen molar-refractivity contribution in [3.8, 4) is 0 Å². The van der Waals surface area contributed by atoms with Crippen LogP contribution in [0.1, 0.15) is 18.1 Å². The van der Waals surface area contributed by atoms with E-state index in [-0.39, 0.29) is 18.2 Å². The molecule has 2 N–H and O–H groups in total. The molecule has 3 amide bonds. The Morgan fingerprint density at radius 1 is 0.857 bits per heavy atom. The van der Waals surface area contributed by atoms with Crippen molar-refractivity contribution in [2.24, 2.45) is 0 Å². The highest BCUT2D eigenvalue weighted by Gasteiger charge is 2.25. The lowest BCUT2D eigenvalue weighted by Crippen LogP contribution is -2.53. The zero-order chi connectivity index (χ0) is 20.5. The van der Waals surface area contributed by atoms with Gasteiger partial charge in [0.25, 0.3) is 0 Å². The van der Waals surface area contributed by atoms with E-state index in [4.69, 9.17) is 0 Å². The summed E-state index contributed by atoms with van der Waals surface area (Å²) in [6, 6.07) is 17.4. The van der Waals surface area contributed by atoms with Gasteiger partial charge >= 0.3 is 0 Å². The molecule has 6 nitrogen and oxygen atoms in total. The van der Waals surface area contributed by atoms with E-state index in [1.807, 2.05) is 60.7 Å². The summed E-state index contributed by atoms with van der Waals surface area (Å²) in [6.07, 6.45) is 0.580. The van der Waals surface area contributed by atoms with Crippen LogP contribution in [0, 0.1) is 0 Å². The van der Waals surface area contributed by atoms with Crippen LogP contribution in [0.25, 0.3) is 0 Å². The molecule has 0 unspecified atom stereocenters. The molecular formula is C22H27N3O3. The van der Waals surface area contributed by atoms with E-state index in [2.05, 4.69) is 10.6 Å². The second-order valence-corrected chi connectivity index (χ2v) is 6.94. The second kappa shape index (κ2) is 10.3. The maximum Gasteiger partial charge on any atom is 0.244 e. The number of likely N-dealkylation sites (N-methyl/N-ethyl adjacent to an activating group) is 1. The predicted octanol–water partition coefficient (Wildman–Crippen LogP) is 1.55. The molecule has 0 spiro atoms. The van der Waals surface area contributed by atoms with Crippen molar-refractivity contribution in [1.82, 2.24) is 15.5 Å². The van der Waals surface area contributed by atoms with E-state index in [9.17, 15) is 14.4 Å². The fraction of sp³-hybridized carbons (Fsp3) is 0.318. The van der Waals surface area contributed by atoms with Gasteiger partial charge in [-0.25, -0.2) is 0 Å². The lowest BCUT2D eigenvalue weighted by molar-refractivity contribution is -0.135. The van der Waals surface area contributed by atoms with Crippen LogP contribution in [0.3, 0.4) is 0 Å². The molecule has 0 aliphatic carbocycles. The summed E-state index contributed by atoms with van der Waals surface area (Å²) >= 11 is 0. The van der Waals surface area contributed by atoms with E-state index >= 15 is 0 Å². The van der Waals surface area contributed by atoms with Crippen LogP contribution in [0.4, 0.5) is 0 Å². The van der Waals surface area contributed by atoms with Crippen molar-refractivity contribution in [1.29, 1.82) is 0 Å². The Kier molecular flexibility index (Phi) is 7.75. The minimum Gasteiger partial charge on any atom is -0.347 e. The fourth-order valence-corrected chi connectivity index (χ4v) is 2.80. The quantitative estimate of drug-likeness (QED) is 0.728. The van der Waals surface area contributed by atoms with Crippen molar-refractivity contribution in [2.45, 2.75) is 31.8 Å². The van der Waals surface area contributed by atoms with Crippen LogP contribution in [-0.4, -0.2) is 48.8 Å². The van der Waals surface area contributed by atoms with E-state index in [1.165, 1.54) is 4.90 Å². The van der Waals surface area contributed by atoms with Gasteiger partial charge in [-0.1, -0.05) is 60.7 Å². The average Bonchev–Trinajstić information content (AvgIpc) is 2.68. The topological polar surface area (TPSA) is 78.5 Å². The van der Waals surface area contributed by atoms with Crippen molar-refractivity contribution in [3.05, 3.63) is 71.8 Å². The summed E-state index contributed by atoms with van der Waals surface area (Å²) in [7, 11) is 3.30. The van der Waals surface area contributed by atoms with Crippen LogP contribution < -0.4 is 10.6 Å². The lowest BCUT2D eigenvalue weighted by atomic mass is 10.0. The first kappa shape index (κ1) is 21.2. The first-order valence-corrected chi connectivity index (χ1v) is 9.25. The number of nitrogens with zero attached hydrogens (tertiary/aromatic N) is 1. The van der Waals surface area contributed by atoms with E-state index in [0.717, 1.165) is 11.1 Å². The third kappa shape index (κ3) is 6.54. The van der Waals surface area contributed by atoms with Crippen molar-refractivity contribution in [3.63, 3.8) is 0 Å². The summed E-state index contributed by atoms with van der Waals surface area (Å²) in [4.78, 5) is 38.7. The zero-order valence-corrected chi connectivity index (χ0v) is 16.5. The molecule has 0 bridgehead atoms. The van der Waals surface area contributed by atoms with Gasteiger partial charge in [0.05, 0.1) is 6.42 Å². The molecule has 0 heterocycles. The molecule has 0 radical (unpaired) electrons. The number of hydrogen-bond donors (Lipinski definition) is 2. The largest absolute Gasteiger partial charge is 0.347 e. The van der Waals surface area contributed by atoms with Crippen LogP contribution >= 0.6 is 0 Å². The zero-order valence-electron chi connectivity index (χ0n) is 16.5. The lowest BCUT2D eigenvalue weighted by Gasteiger charge is -2.24. The highest BCUT2D eigenvalue weighted by Crippen LogP contribution is 2.06. The van der Waals surface area contributed by atoms with Crippen molar-refractivity contribution in [2.75, 3.05) is 14.1 Å². The molecule has 0 aliphatic heterocycles.